The number of carbonyl (C=O) groups is 1. The van der Waals surface area contributed by atoms with Crippen LogP contribution in [0.1, 0.15) is 16.1 Å². The van der Waals surface area contributed by atoms with E-state index >= 15 is 0 Å². The van der Waals surface area contributed by atoms with E-state index in [1.807, 2.05) is 53.2 Å². The zero-order chi connectivity index (χ0) is 17.1. The molecule has 0 bridgehead atoms. The normalized spacial score (nSPS) is 10.7. The van der Waals surface area contributed by atoms with Crippen LogP contribution < -0.4 is 5.32 Å². The molecule has 0 aliphatic rings. The Morgan fingerprint density at radius 1 is 1.04 bits per heavy atom. The third kappa shape index (κ3) is 3.25. The lowest BCUT2D eigenvalue weighted by atomic mass is 10.1. The Balaban J connectivity index is 1.54. The molecule has 5 nitrogen and oxygen atoms in total. The van der Waals surface area contributed by atoms with Crippen LogP contribution >= 0.6 is 11.3 Å². The van der Waals surface area contributed by atoms with Crippen LogP contribution in [0.2, 0.25) is 0 Å². The number of rotatable bonds is 4. The van der Waals surface area contributed by atoms with E-state index in [-0.39, 0.29) is 5.91 Å². The number of para-hydroxylation sites is 2. The minimum absolute atomic E-state index is 0.252. The Bertz CT molecular complexity index is 1030. The monoisotopic (exact) mass is 346 g/mol. The summed E-state index contributed by atoms with van der Waals surface area (Å²) in [4.78, 5) is 25.5. The number of thiophene rings is 1. The second kappa shape index (κ2) is 6.78. The van der Waals surface area contributed by atoms with Crippen molar-refractivity contribution < 1.29 is 4.79 Å². The minimum atomic E-state index is -0.252. The predicted molar refractivity (Wildman–Crippen MR) is 98.3 cm³/mol. The van der Waals surface area contributed by atoms with Crippen molar-refractivity contribution in [3.8, 4) is 11.3 Å². The zero-order valence-corrected chi connectivity index (χ0v) is 14.0. The van der Waals surface area contributed by atoms with Crippen molar-refractivity contribution in [2.24, 2.45) is 0 Å². The first-order chi connectivity index (χ1) is 12.3. The van der Waals surface area contributed by atoms with Gasteiger partial charge in [0.05, 0.1) is 22.9 Å². The number of nitrogens with zero attached hydrogens (tertiary/aromatic N) is 3. The van der Waals surface area contributed by atoms with Crippen LogP contribution in [-0.4, -0.2) is 20.9 Å². The maximum absolute atomic E-state index is 12.4. The number of aromatic nitrogens is 3. The van der Waals surface area contributed by atoms with Crippen molar-refractivity contribution in [2.75, 3.05) is 0 Å². The van der Waals surface area contributed by atoms with Crippen molar-refractivity contribution in [3.05, 3.63) is 76.9 Å². The average molecular weight is 346 g/mol. The molecule has 0 aliphatic carbocycles. The molecule has 3 aromatic heterocycles. The highest BCUT2D eigenvalue weighted by atomic mass is 32.1. The first kappa shape index (κ1) is 15.4. The van der Waals surface area contributed by atoms with Crippen LogP contribution in [0.15, 0.2) is 65.6 Å². The molecule has 25 heavy (non-hydrogen) atoms. The Morgan fingerprint density at radius 2 is 1.92 bits per heavy atom. The molecule has 3 heterocycles. The molecule has 1 aromatic carbocycles. The van der Waals surface area contributed by atoms with E-state index in [4.69, 9.17) is 0 Å². The number of benzene rings is 1. The summed E-state index contributed by atoms with van der Waals surface area (Å²) in [5.74, 6) is -0.252. The fourth-order valence-corrected chi connectivity index (χ4v) is 3.21. The average Bonchev–Trinajstić information content (AvgIpc) is 3.20. The molecule has 0 unspecified atom stereocenters. The third-order valence-corrected chi connectivity index (χ3v) is 4.49. The topological polar surface area (TPSA) is 67.8 Å². The van der Waals surface area contributed by atoms with Crippen LogP contribution in [0.5, 0.6) is 0 Å². The van der Waals surface area contributed by atoms with Gasteiger partial charge in [-0.25, -0.2) is 4.98 Å². The van der Waals surface area contributed by atoms with Gasteiger partial charge < -0.3 is 5.32 Å². The molecule has 122 valence electrons. The molecule has 0 fully saturated rings. The van der Waals surface area contributed by atoms with Gasteiger partial charge in [-0.3, -0.25) is 14.8 Å². The number of pyridine rings is 1. The molecular formula is C19H14N4OS. The van der Waals surface area contributed by atoms with E-state index in [0.29, 0.717) is 17.8 Å². The van der Waals surface area contributed by atoms with Crippen LogP contribution in [0.3, 0.4) is 0 Å². The number of amides is 1. The molecule has 0 aliphatic heterocycles. The van der Waals surface area contributed by atoms with Gasteiger partial charge in [0.2, 0.25) is 0 Å². The maximum Gasteiger partial charge on any atom is 0.271 e. The highest BCUT2D eigenvalue weighted by Gasteiger charge is 2.11. The summed E-state index contributed by atoms with van der Waals surface area (Å²) in [6, 6.07) is 13.3. The van der Waals surface area contributed by atoms with Gasteiger partial charge in [0.1, 0.15) is 5.69 Å². The summed E-state index contributed by atoms with van der Waals surface area (Å²) in [7, 11) is 0. The fraction of sp³-hybridized carbons (Fsp3) is 0.0526. The second-order valence-electron chi connectivity index (χ2n) is 5.45. The number of hydrogen-bond acceptors (Lipinski definition) is 5. The van der Waals surface area contributed by atoms with E-state index < -0.39 is 0 Å². The van der Waals surface area contributed by atoms with Crippen molar-refractivity contribution in [3.63, 3.8) is 0 Å². The van der Waals surface area contributed by atoms with Crippen molar-refractivity contribution >= 4 is 28.3 Å². The van der Waals surface area contributed by atoms with Gasteiger partial charge in [0.15, 0.2) is 0 Å². The van der Waals surface area contributed by atoms with Gasteiger partial charge in [0, 0.05) is 23.7 Å². The van der Waals surface area contributed by atoms with Crippen LogP contribution in [0.25, 0.3) is 22.3 Å². The lowest BCUT2D eigenvalue weighted by molar-refractivity contribution is 0.0946. The predicted octanol–water partition coefficient (Wildman–Crippen LogP) is 3.68. The first-order valence-corrected chi connectivity index (χ1v) is 8.72. The summed E-state index contributed by atoms with van der Waals surface area (Å²) in [5.41, 5.74) is 4.68. The summed E-state index contributed by atoms with van der Waals surface area (Å²) in [5, 5.41) is 6.96. The van der Waals surface area contributed by atoms with Crippen molar-refractivity contribution in [2.45, 2.75) is 6.54 Å². The van der Waals surface area contributed by atoms with Crippen molar-refractivity contribution in [1.29, 1.82) is 0 Å². The number of nitrogens with one attached hydrogen (secondary N) is 1. The quantitative estimate of drug-likeness (QED) is 0.612. The summed E-state index contributed by atoms with van der Waals surface area (Å²) in [6.07, 6.45) is 3.26. The van der Waals surface area contributed by atoms with E-state index in [2.05, 4.69) is 20.3 Å². The van der Waals surface area contributed by atoms with Gasteiger partial charge >= 0.3 is 0 Å². The molecule has 4 rings (SSSR count). The third-order valence-electron chi connectivity index (χ3n) is 3.81. The van der Waals surface area contributed by atoms with Crippen LogP contribution in [-0.2, 0) is 6.54 Å². The highest BCUT2D eigenvalue weighted by Crippen LogP contribution is 2.23. The Hall–Kier alpha value is -3.12. The van der Waals surface area contributed by atoms with Gasteiger partial charge in [0.25, 0.3) is 5.91 Å². The molecule has 1 amide bonds. The van der Waals surface area contributed by atoms with E-state index in [0.717, 1.165) is 22.3 Å². The smallest absolute Gasteiger partial charge is 0.271 e. The zero-order valence-electron chi connectivity index (χ0n) is 13.2. The molecule has 0 radical (unpaired) electrons. The summed E-state index contributed by atoms with van der Waals surface area (Å²) in [6.45, 7) is 0.381. The first-order valence-electron chi connectivity index (χ1n) is 7.78. The van der Waals surface area contributed by atoms with Crippen molar-refractivity contribution in [1.82, 2.24) is 20.3 Å². The highest BCUT2D eigenvalue weighted by molar-refractivity contribution is 7.08. The molecular weight excluding hydrogens is 332 g/mol. The standard InChI is InChI=1S/C19H14N4OS/c24-19(17-11-21-15-5-1-2-6-16(15)23-17)22-10-13-4-3-8-20-18(13)14-7-9-25-12-14/h1-9,11-12H,10H2,(H,22,24). The molecule has 1 N–H and O–H groups in total. The molecule has 0 atom stereocenters. The number of carbonyl (C=O) groups excluding carboxylic acids is 1. The largest absolute Gasteiger partial charge is 0.346 e. The fourth-order valence-electron chi connectivity index (χ4n) is 2.57. The number of fused-ring (bicyclic) bond motifs is 1. The van der Waals surface area contributed by atoms with E-state index in [1.165, 1.54) is 6.20 Å². The Morgan fingerprint density at radius 3 is 2.76 bits per heavy atom. The van der Waals surface area contributed by atoms with Gasteiger partial charge in [-0.1, -0.05) is 18.2 Å². The molecule has 0 spiro atoms. The SMILES string of the molecule is O=C(NCc1cccnc1-c1ccsc1)c1cnc2ccccc2n1. The van der Waals surface area contributed by atoms with Gasteiger partial charge in [-0.15, -0.1) is 0 Å². The molecule has 0 saturated carbocycles. The minimum Gasteiger partial charge on any atom is -0.346 e. The number of hydrogen-bond donors (Lipinski definition) is 1. The van der Waals surface area contributed by atoms with E-state index in [9.17, 15) is 4.79 Å². The van der Waals surface area contributed by atoms with Gasteiger partial charge in [-0.05, 0) is 35.2 Å². The summed E-state index contributed by atoms with van der Waals surface area (Å²) >= 11 is 1.62. The summed E-state index contributed by atoms with van der Waals surface area (Å²) < 4.78 is 0. The Kier molecular flexibility index (Phi) is 4.18. The molecule has 4 aromatic rings. The lowest BCUT2D eigenvalue weighted by Crippen LogP contribution is -2.24. The molecule has 0 saturated heterocycles. The lowest BCUT2D eigenvalue weighted by Gasteiger charge is -2.09. The van der Waals surface area contributed by atoms with Gasteiger partial charge in [-0.2, -0.15) is 11.3 Å². The second-order valence-corrected chi connectivity index (χ2v) is 6.23. The maximum atomic E-state index is 12.4. The Labute approximate surface area is 148 Å². The van der Waals surface area contributed by atoms with E-state index in [1.54, 1.807) is 17.5 Å². The molecule has 6 heteroatoms. The van der Waals surface area contributed by atoms with Crippen LogP contribution in [0.4, 0.5) is 0 Å². The van der Waals surface area contributed by atoms with Crippen LogP contribution in [0, 0.1) is 0 Å².